The highest BCUT2D eigenvalue weighted by molar-refractivity contribution is 5.80. The van der Waals surface area contributed by atoms with Crippen molar-refractivity contribution in [3.63, 3.8) is 0 Å². The minimum Gasteiger partial charge on any atom is -0.493 e. The third-order valence-electron chi connectivity index (χ3n) is 3.89. The van der Waals surface area contributed by atoms with Gasteiger partial charge in [-0.1, -0.05) is 30.3 Å². The zero-order valence-electron chi connectivity index (χ0n) is 15.3. The molecule has 2 aromatic rings. The summed E-state index contributed by atoms with van der Waals surface area (Å²) in [5.74, 6) is -2.63. The van der Waals surface area contributed by atoms with Gasteiger partial charge in [-0.25, -0.2) is 8.78 Å². The van der Waals surface area contributed by atoms with E-state index in [9.17, 15) is 18.9 Å². The number of nitro groups is 1. The van der Waals surface area contributed by atoms with Crippen molar-refractivity contribution in [3.05, 3.63) is 57.1 Å². The van der Waals surface area contributed by atoms with Gasteiger partial charge in [0.1, 0.15) is 0 Å². The van der Waals surface area contributed by atoms with Gasteiger partial charge in [-0.15, -0.1) is 0 Å². The first-order valence-corrected chi connectivity index (χ1v) is 7.86. The zero-order valence-corrected chi connectivity index (χ0v) is 15.3. The average molecular weight is 379 g/mol. The molecule has 0 spiro atoms. The van der Waals surface area contributed by atoms with Crippen LogP contribution in [0.4, 0.5) is 14.5 Å². The number of nitro benzene ring substituents is 1. The van der Waals surface area contributed by atoms with Gasteiger partial charge in [0, 0.05) is 12.5 Å². The number of nitrogens with zero attached hydrogens (tertiary/aromatic N) is 1. The van der Waals surface area contributed by atoms with Gasteiger partial charge in [-0.05, 0) is 17.7 Å². The van der Waals surface area contributed by atoms with Crippen LogP contribution in [0.2, 0.25) is 0 Å². The Bertz CT molecular complexity index is 858. The molecule has 0 heterocycles. The van der Waals surface area contributed by atoms with Crippen LogP contribution in [0.15, 0.2) is 30.3 Å². The number of hydrogen-bond donors (Lipinski definition) is 0. The summed E-state index contributed by atoms with van der Waals surface area (Å²) in [5, 5.41) is 11.5. The molecule has 27 heavy (non-hydrogen) atoms. The van der Waals surface area contributed by atoms with E-state index in [0.717, 1.165) is 6.92 Å². The molecule has 2 aromatic carbocycles. The third kappa shape index (κ3) is 4.33. The van der Waals surface area contributed by atoms with E-state index in [1.807, 2.05) is 0 Å². The van der Waals surface area contributed by atoms with Crippen LogP contribution < -0.4 is 14.2 Å². The van der Waals surface area contributed by atoms with Crippen molar-refractivity contribution in [1.82, 2.24) is 0 Å². The number of ether oxygens (including phenoxy) is 3. The summed E-state index contributed by atoms with van der Waals surface area (Å²) >= 11 is 0. The molecule has 0 bridgehead atoms. The van der Waals surface area contributed by atoms with E-state index in [-0.39, 0.29) is 34.1 Å². The normalized spacial score (nSPS) is 11.5. The summed E-state index contributed by atoms with van der Waals surface area (Å²) in [4.78, 5) is 11.0. The predicted molar refractivity (Wildman–Crippen MR) is 97.7 cm³/mol. The van der Waals surface area contributed by atoms with Crippen LogP contribution in [0.1, 0.15) is 23.6 Å². The number of benzene rings is 2. The number of rotatable bonds is 7. The van der Waals surface area contributed by atoms with Gasteiger partial charge in [0.05, 0.1) is 31.8 Å². The van der Waals surface area contributed by atoms with Crippen LogP contribution in [0.3, 0.4) is 0 Å². The zero-order chi connectivity index (χ0) is 20.2. The molecule has 0 amide bonds. The number of alkyl halides is 2. The molecule has 0 aromatic heterocycles. The van der Waals surface area contributed by atoms with E-state index < -0.39 is 10.8 Å². The summed E-state index contributed by atoms with van der Waals surface area (Å²) in [5.41, 5.74) is 0.423. The fourth-order valence-electron chi connectivity index (χ4n) is 2.55. The molecule has 0 aliphatic carbocycles. The minimum absolute atomic E-state index is 0.0672. The number of hydrogen-bond acceptors (Lipinski definition) is 5. The Morgan fingerprint density at radius 2 is 1.59 bits per heavy atom. The number of methoxy groups -OCH3 is 3. The van der Waals surface area contributed by atoms with Crippen LogP contribution in [0, 0.1) is 10.1 Å². The second-order valence-electron chi connectivity index (χ2n) is 5.68. The van der Waals surface area contributed by atoms with Crippen molar-refractivity contribution in [3.8, 4) is 17.2 Å². The van der Waals surface area contributed by atoms with Gasteiger partial charge < -0.3 is 14.2 Å². The Morgan fingerprint density at radius 3 is 2.04 bits per heavy atom. The second-order valence-corrected chi connectivity index (χ2v) is 5.68. The van der Waals surface area contributed by atoms with Gasteiger partial charge >= 0.3 is 5.69 Å². The van der Waals surface area contributed by atoms with E-state index in [1.165, 1.54) is 57.7 Å². The highest BCUT2D eigenvalue weighted by atomic mass is 19.3. The summed E-state index contributed by atoms with van der Waals surface area (Å²) in [6.07, 6.45) is 3.06. The first-order valence-electron chi connectivity index (χ1n) is 7.86. The van der Waals surface area contributed by atoms with Crippen LogP contribution >= 0.6 is 0 Å². The van der Waals surface area contributed by atoms with Crippen molar-refractivity contribution in [1.29, 1.82) is 0 Å². The topological polar surface area (TPSA) is 70.8 Å². The highest BCUT2D eigenvalue weighted by Crippen LogP contribution is 2.46. The SMILES string of the molecule is COc1cc(/C=C/c2ccc(C(C)(F)F)cc2)c([N+](=O)[O-])c(OC)c1OC. The molecule has 2 rings (SSSR count). The van der Waals surface area contributed by atoms with Crippen molar-refractivity contribution in [2.24, 2.45) is 0 Å². The summed E-state index contributed by atoms with van der Waals surface area (Å²) < 4.78 is 42.1. The van der Waals surface area contributed by atoms with Crippen LogP contribution in [-0.4, -0.2) is 26.3 Å². The Hall–Kier alpha value is -3.16. The van der Waals surface area contributed by atoms with Crippen molar-refractivity contribution < 1.29 is 27.9 Å². The van der Waals surface area contributed by atoms with Crippen molar-refractivity contribution in [2.45, 2.75) is 12.8 Å². The lowest BCUT2D eigenvalue weighted by Gasteiger charge is -2.13. The lowest BCUT2D eigenvalue weighted by molar-refractivity contribution is -0.386. The van der Waals surface area contributed by atoms with Gasteiger partial charge in [0.15, 0.2) is 5.75 Å². The molecule has 0 saturated carbocycles. The quantitative estimate of drug-likeness (QED) is 0.389. The van der Waals surface area contributed by atoms with Crippen LogP contribution in [-0.2, 0) is 5.92 Å². The van der Waals surface area contributed by atoms with E-state index in [2.05, 4.69) is 0 Å². The van der Waals surface area contributed by atoms with Crippen molar-refractivity contribution >= 4 is 17.8 Å². The summed E-state index contributed by atoms with van der Waals surface area (Å²) in [7, 11) is 4.05. The first-order chi connectivity index (χ1) is 12.7. The molecular weight excluding hydrogens is 360 g/mol. The molecule has 144 valence electrons. The van der Waals surface area contributed by atoms with E-state index in [1.54, 1.807) is 6.08 Å². The van der Waals surface area contributed by atoms with Crippen LogP contribution in [0.25, 0.3) is 12.2 Å². The van der Waals surface area contributed by atoms with Gasteiger partial charge in [-0.3, -0.25) is 10.1 Å². The fraction of sp³-hybridized carbons (Fsp3) is 0.263. The second kappa shape index (κ2) is 8.03. The van der Waals surface area contributed by atoms with Gasteiger partial charge in [0.25, 0.3) is 5.92 Å². The predicted octanol–water partition coefficient (Wildman–Crippen LogP) is 4.90. The standard InChI is InChI=1S/C19H19F2NO5/c1-19(20,21)14-9-6-12(7-10-14)5-8-13-11-15(25-2)17(26-3)18(27-4)16(13)22(23)24/h5-11H,1-4H3/b8-5+. The third-order valence-corrected chi connectivity index (χ3v) is 3.89. The number of halogens is 2. The molecule has 0 aliphatic heterocycles. The molecule has 0 unspecified atom stereocenters. The molecule has 8 heteroatoms. The largest absolute Gasteiger partial charge is 0.493 e. The fourth-order valence-corrected chi connectivity index (χ4v) is 2.55. The average Bonchev–Trinajstić information content (AvgIpc) is 2.64. The molecular formula is C19H19F2NO5. The molecule has 0 aliphatic rings. The van der Waals surface area contributed by atoms with Crippen molar-refractivity contribution in [2.75, 3.05) is 21.3 Å². The molecule has 0 N–H and O–H groups in total. The Labute approximate surface area is 155 Å². The molecule has 6 nitrogen and oxygen atoms in total. The smallest absolute Gasteiger partial charge is 0.322 e. The molecule has 0 atom stereocenters. The van der Waals surface area contributed by atoms with E-state index in [4.69, 9.17) is 14.2 Å². The summed E-state index contributed by atoms with van der Waals surface area (Å²) in [6.45, 7) is 0.817. The van der Waals surface area contributed by atoms with E-state index >= 15 is 0 Å². The molecule has 0 saturated heterocycles. The van der Waals surface area contributed by atoms with E-state index in [0.29, 0.717) is 5.56 Å². The maximum absolute atomic E-state index is 13.3. The Kier molecular flexibility index (Phi) is 5.99. The minimum atomic E-state index is -2.93. The van der Waals surface area contributed by atoms with Crippen LogP contribution in [0.5, 0.6) is 17.2 Å². The molecule has 0 fully saturated rings. The maximum atomic E-state index is 13.3. The first kappa shape index (κ1) is 20.2. The van der Waals surface area contributed by atoms with Gasteiger partial charge in [-0.2, -0.15) is 0 Å². The molecule has 0 radical (unpaired) electrons. The Balaban J connectivity index is 2.51. The lowest BCUT2D eigenvalue weighted by atomic mass is 10.1. The highest BCUT2D eigenvalue weighted by Gasteiger charge is 2.28. The van der Waals surface area contributed by atoms with Gasteiger partial charge in [0.2, 0.25) is 11.5 Å². The maximum Gasteiger partial charge on any atom is 0.322 e. The monoisotopic (exact) mass is 379 g/mol. The summed E-state index contributed by atoms with van der Waals surface area (Å²) in [6, 6.07) is 7.08. The lowest BCUT2D eigenvalue weighted by Crippen LogP contribution is -2.06. The Morgan fingerprint density at radius 1 is 1.00 bits per heavy atom.